The minimum Gasteiger partial charge on any atom is -0.348 e. The maximum Gasteiger partial charge on any atom is 0.252 e. The van der Waals surface area contributed by atoms with Gasteiger partial charge in [-0.2, -0.15) is 0 Å². The van der Waals surface area contributed by atoms with Gasteiger partial charge in [0.25, 0.3) is 5.91 Å². The highest BCUT2D eigenvalue weighted by molar-refractivity contribution is 9.10. The van der Waals surface area contributed by atoms with Crippen molar-refractivity contribution in [3.63, 3.8) is 0 Å². The van der Waals surface area contributed by atoms with Crippen LogP contribution in [0.2, 0.25) is 0 Å². The number of aryl methyl sites for hydroxylation is 2. The Hall–Kier alpha value is -1.61. The van der Waals surface area contributed by atoms with E-state index in [1.165, 1.54) is 11.1 Å². The Morgan fingerprint density at radius 3 is 2.50 bits per heavy atom. The van der Waals surface area contributed by atoms with Gasteiger partial charge in [0.1, 0.15) is 0 Å². The molecule has 0 saturated carbocycles. The van der Waals surface area contributed by atoms with Gasteiger partial charge in [-0.05, 0) is 52.0 Å². The lowest BCUT2D eigenvalue weighted by Gasteiger charge is -2.11. The zero-order valence-corrected chi connectivity index (χ0v) is 13.3. The predicted molar refractivity (Wildman–Crippen MR) is 85.9 cm³/mol. The van der Waals surface area contributed by atoms with Crippen LogP contribution in [0.3, 0.4) is 0 Å². The molecule has 104 valence electrons. The molecule has 1 N–H and O–H groups in total. The lowest BCUT2D eigenvalue weighted by molar-refractivity contribution is 0.0950. The number of benzene rings is 2. The Bertz CT molecular complexity index is 622. The summed E-state index contributed by atoms with van der Waals surface area (Å²) in [6.07, 6.45) is 0.972. The molecule has 0 aliphatic rings. The van der Waals surface area contributed by atoms with Crippen molar-refractivity contribution in [2.75, 3.05) is 0 Å². The zero-order valence-electron chi connectivity index (χ0n) is 11.7. The standard InChI is InChI=1S/C17H18BrNO/c1-3-13-8-4-5-9-14(13)11-19-17(20)15-10-6-7-12(2)16(15)18/h4-10H,3,11H2,1-2H3,(H,19,20). The van der Waals surface area contributed by atoms with Crippen LogP contribution >= 0.6 is 15.9 Å². The van der Waals surface area contributed by atoms with E-state index in [9.17, 15) is 4.79 Å². The Morgan fingerprint density at radius 2 is 1.80 bits per heavy atom. The van der Waals surface area contributed by atoms with Crippen molar-refractivity contribution in [3.05, 3.63) is 69.2 Å². The normalized spacial score (nSPS) is 10.3. The molecule has 0 spiro atoms. The van der Waals surface area contributed by atoms with Crippen molar-refractivity contribution in [2.45, 2.75) is 26.8 Å². The summed E-state index contributed by atoms with van der Waals surface area (Å²) < 4.78 is 0.862. The van der Waals surface area contributed by atoms with Gasteiger partial charge in [0.2, 0.25) is 0 Å². The Morgan fingerprint density at radius 1 is 1.10 bits per heavy atom. The van der Waals surface area contributed by atoms with Gasteiger partial charge in [-0.15, -0.1) is 0 Å². The molecule has 0 aliphatic carbocycles. The van der Waals surface area contributed by atoms with Crippen molar-refractivity contribution in [2.24, 2.45) is 0 Å². The van der Waals surface area contributed by atoms with E-state index < -0.39 is 0 Å². The first-order valence-electron chi connectivity index (χ1n) is 6.73. The van der Waals surface area contributed by atoms with Gasteiger partial charge < -0.3 is 5.32 Å². The molecule has 2 rings (SSSR count). The van der Waals surface area contributed by atoms with E-state index in [4.69, 9.17) is 0 Å². The third-order valence-corrected chi connectivity index (χ3v) is 4.43. The Labute approximate surface area is 128 Å². The van der Waals surface area contributed by atoms with Gasteiger partial charge in [0, 0.05) is 11.0 Å². The van der Waals surface area contributed by atoms with Crippen molar-refractivity contribution < 1.29 is 4.79 Å². The molecular weight excluding hydrogens is 314 g/mol. The molecule has 0 atom stereocenters. The molecule has 0 aromatic heterocycles. The lowest BCUT2D eigenvalue weighted by atomic mass is 10.1. The maximum atomic E-state index is 12.2. The topological polar surface area (TPSA) is 29.1 Å². The number of hydrogen-bond acceptors (Lipinski definition) is 1. The summed E-state index contributed by atoms with van der Waals surface area (Å²) in [4.78, 5) is 12.2. The van der Waals surface area contributed by atoms with Gasteiger partial charge in [-0.1, -0.05) is 43.3 Å². The predicted octanol–water partition coefficient (Wildman–Crippen LogP) is 4.25. The van der Waals surface area contributed by atoms with Crippen molar-refractivity contribution in [1.29, 1.82) is 0 Å². The van der Waals surface area contributed by atoms with Crippen LogP contribution in [0.15, 0.2) is 46.9 Å². The molecule has 2 aromatic rings. The fourth-order valence-electron chi connectivity index (χ4n) is 2.17. The molecule has 20 heavy (non-hydrogen) atoms. The highest BCUT2D eigenvalue weighted by Gasteiger charge is 2.11. The number of carbonyl (C=O) groups excluding carboxylic acids is 1. The quantitative estimate of drug-likeness (QED) is 0.891. The summed E-state index contributed by atoms with van der Waals surface area (Å²) in [5.74, 6) is -0.0496. The third-order valence-electron chi connectivity index (χ3n) is 3.38. The third kappa shape index (κ3) is 3.28. The van der Waals surface area contributed by atoms with Crippen molar-refractivity contribution in [3.8, 4) is 0 Å². The minimum atomic E-state index is -0.0496. The molecular formula is C17H18BrNO. The van der Waals surface area contributed by atoms with Crippen LogP contribution in [0.5, 0.6) is 0 Å². The van der Waals surface area contributed by atoms with E-state index in [0.717, 1.165) is 16.5 Å². The number of nitrogens with one attached hydrogen (secondary N) is 1. The van der Waals surface area contributed by atoms with Crippen LogP contribution in [0.1, 0.15) is 34.0 Å². The van der Waals surface area contributed by atoms with E-state index >= 15 is 0 Å². The monoisotopic (exact) mass is 331 g/mol. The van der Waals surface area contributed by atoms with Crippen LogP contribution in [0.4, 0.5) is 0 Å². The van der Waals surface area contributed by atoms with Gasteiger partial charge in [-0.25, -0.2) is 0 Å². The molecule has 1 amide bonds. The summed E-state index contributed by atoms with van der Waals surface area (Å²) in [7, 11) is 0. The van der Waals surface area contributed by atoms with E-state index in [1.54, 1.807) is 0 Å². The molecule has 0 radical (unpaired) electrons. The second-order valence-electron chi connectivity index (χ2n) is 4.74. The van der Waals surface area contributed by atoms with Crippen LogP contribution < -0.4 is 5.32 Å². The Balaban J connectivity index is 2.11. The summed E-state index contributed by atoms with van der Waals surface area (Å²) in [5.41, 5.74) is 4.19. The summed E-state index contributed by atoms with van der Waals surface area (Å²) in [6.45, 7) is 4.66. The SMILES string of the molecule is CCc1ccccc1CNC(=O)c1cccc(C)c1Br. The number of halogens is 1. The van der Waals surface area contributed by atoms with Crippen LogP contribution in [-0.2, 0) is 13.0 Å². The summed E-state index contributed by atoms with van der Waals surface area (Å²) >= 11 is 3.47. The van der Waals surface area contributed by atoms with E-state index in [-0.39, 0.29) is 5.91 Å². The molecule has 2 aromatic carbocycles. The van der Waals surface area contributed by atoms with E-state index in [2.05, 4.69) is 40.3 Å². The largest absolute Gasteiger partial charge is 0.348 e. The lowest BCUT2D eigenvalue weighted by Crippen LogP contribution is -2.23. The van der Waals surface area contributed by atoms with Gasteiger partial charge in [0.15, 0.2) is 0 Å². The van der Waals surface area contributed by atoms with E-state index in [0.29, 0.717) is 12.1 Å². The van der Waals surface area contributed by atoms with Gasteiger partial charge in [-0.3, -0.25) is 4.79 Å². The maximum absolute atomic E-state index is 12.2. The average Bonchev–Trinajstić information content (AvgIpc) is 2.48. The van der Waals surface area contributed by atoms with Crippen molar-refractivity contribution in [1.82, 2.24) is 5.32 Å². The van der Waals surface area contributed by atoms with E-state index in [1.807, 2.05) is 37.3 Å². The van der Waals surface area contributed by atoms with Crippen LogP contribution in [0.25, 0.3) is 0 Å². The van der Waals surface area contributed by atoms with Gasteiger partial charge in [0.05, 0.1) is 5.56 Å². The molecule has 0 unspecified atom stereocenters. The zero-order chi connectivity index (χ0) is 14.5. The fourth-order valence-corrected chi connectivity index (χ4v) is 2.61. The fraction of sp³-hybridized carbons (Fsp3) is 0.235. The number of amides is 1. The molecule has 0 aliphatic heterocycles. The summed E-state index contributed by atoms with van der Waals surface area (Å²) in [5, 5.41) is 2.99. The number of carbonyl (C=O) groups is 1. The van der Waals surface area contributed by atoms with Gasteiger partial charge >= 0.3 is 0 Å². The highest BCUT2D eigenvalue weighted by Crippen LogP contribution is 2.21. The molecule has 2 nitrogen and oxygen atoms in total. The molecule has 0 bridgehead atoms. The molecule has 3 heteroatoms. The van der Waals surface area contributed by atoms with Crippen LogP contribution in [0, 0.1) is 6.92 Å². The number of hydrogen-bond donors (Lipinski definition) is 1. The minimum absolute atomic E-state index is 0.0496. The second kappa shape index (κ2) is 6.71. The second-order valence-corrected chi connectivity index (χ2v) is 5.53. The highest BCUT2D eigenvalue weighted by atomic mass is 79.9. The summed E-state index contributed by atoms with van der Waals surface area (Å²) in [6, 6.07) is 13.9. The first-order valence-corrected chi connectivity index (χ1v) is 7.53. The number of rotatable bonds is 4. The smallest absolute Gasteiger partial charge is 0.252 e. The van der Waals surface area contributed by atoms with Crippen molar-refractivity contribution >= 4 is 21.8 Å². The molecule has 0 saturated heterocycles. The first kappa shape index (κ1) is 14.8. The molecule has 0 heterocycles. The van der Waals surface area contributed by atoms with Crippen LogP contribution in [-0.4, -0.2) is 5.91 Å². The Kier molecular flexibility index (Phi) is 4.96. The average molecular weight is 332 g/mol. The first-order chi connectivity index (χ1) is 9.63. The molecule has 0 fully saturated rings.